The van der Waals surface area contributed by atoms with E-state index in [-0.39, 0.29) is 5.75 Å². The lowest BCUT2D eigenvalue weighted by atomic mass is 10.2. The summed E-state index contributed by atoms with van der Waals surface area (Å²) in [6, 6.07) is 16.7. The van der Waals surface area contributed by atoms with Crippen molar-refractivity contribution in [3.05, 3.63) is 65.7 Å². The molecule has 0 saturated heterocycles. The predicted molar refractivity (Wildman–Crippen MR) is 73.4 cm³/mol. The van der Waals surface area contributed by atoms with Gasteiger partial charge in [-0.25, -0.2) is 8.42 Å². The van der Waals surface area contributed by atoms with E-state index in [0.29, 0.717) is 11.3 Å². The van der Waals surface area contributed by atoms with Crippen LogP contribution in [-0.4, -0.2) is 14.2 Å². The Morgan fingerprint density at radius 3 is 2.11 bits per heavy atom. The Kier molecular flexibility index (Phi) is 3.82. The van der Waals surface area contributed by atoms with Crippen molar-refractivity contribution in [3.8, 4) is 0 Å². The van der Waals surface area contributed by atoms with E-state index in [0.717, 1.165) is 11.1 Å². The van der Waals surface area contributed by atoms with Crippen molar-refractivity contribution < 1.29 is 8.42 Å². The maximum absolute atomic E-state index is 12.1. The van der Waals surface area contributed by atoms with Crippen molar-refractivity contribution in [2.45, 2.75) is 18.2 Å². The van der Waals surface area contributed by atoms with E-state index in [2.05, 4.69) is 0 Å². The van der Waals surface area contributed by atoms with Gasteiger partial charge in [0.1, 0.15) is 0 Å². The molecule has 2 nitrogen and oxygen atoms in total. The van der Waals surface area contributed by atoms with Crippen molar-refractivity contribution in [2.75, 3.05) is 5.75 Å². The van der Waals surface area contributed by atoms with Gasteiger partial charge < -0.3 is 0 Å². The minimum Gasteiger partial charge on any atom is -0.224 e. The zero-order valence-electron chi connectivity index (χ0n) is 10.3. The number of rotatable bonds is 4. The molecule has 0 amide bonds. The molecule has 3 heteroatoms. The van der Waals surface area contributed by atoms with Crippen molar-refractivity contribution in [1.29, 1.82) is 0 Å². The molecule has 0 heterocycles. The molecule has 0 aliphatic heterocycles. The molecule has 0 N–H and O–H groups in total. The first-order chi connectivity index (χ1) is 8.58. The van der Waals surface area contributed by atoms with Crippen LogP contribution in [0.3, 0.4) is 0 Å². The quantitative estimate of drug-likeness (QED) is 0.847. The molecular formula is C15H16O2S. The smallest absolute Gasteiger partial charge is 0.178 e. The number of benzene rings is 2. The normalized spacial score (nSPS) is 11.4. The second kappa shape index (κ2) is 5.36. The molecule has 2 aromatic carbocycles. The van der Waals surface area contributed by atoms with E-state index in [1.165, 1.54) is 0 Å². The van der Waals surface area contributed by atoms with E-state index < -0.39 is 9.84 Å². The van der Waals surface area contributed by atoms with Crippen molar-refractivity contribution in [2.24, 2.45) is 0 Å². The van der Waals surface area contributed by atoms with Gasteiger partial charge in [0.05, 0.1) is 10.6 Å². The fourth-order valence-corrected chi connectivity index (χ4v) is 3.05. The van der Waals surface area contributed by atoms with E-state index in [9.17, 15) is 8.42 Å². The molecule has 0 radical (unpaired) electrons. The molecule has 2 rings (SSSR count). The molecule has 0 atom stereocenters. The lowest BCUT2D eigenvalue weighted by molar-refractivity contribution is 0.595. The summed E-state index contributed by atoms with van der Waals surface area (Å²) in [5, 5.41) is 0. The molecule has 0 fully saturated rings. The highest BCUT2D eigenvalue weighted by atomic mass is 32.2. The van der Waals surface area contributed by atoms with Gasteiger partial charge in [-0.3, -0.25) is 0 Å². The van der Waals surface area contributed by atoms with Crippen LogP contribution in [0.4, 0.5) is 0 Å². The van der Waals surface area contributed by atoms with Crippen LogP contribution >= 0.6 is 0 Å². The number of hydrogen-bond acceptors (Lipinski definition) is 2. The molecule has 0 saturated carbocycles. The first-order valence-electron chi connectivity index (χ1n) is 5.91. The summed E-state index contributed by atoms with van der Waals surface area (Å²) >= 11 is 0. The second-order valence-electron chi connectivity index (χ2n) is 4.37. The Hall–Kier alpha value is -1.61. The standard InChI is InChI=1S/C15H16O2S/c1-13-7-9-15(10-8-13)18(16,17)12-11-14-5-3-2-4-6-14/h2-10H,11-12H2,1H3. The van der Waals surface area contributed by atoms with Gasteiger partial charge in [-0.1, -0.05) is 48.0 Å². The fourth-order valence-electron chi connectivity index (χ4n) is 1.76. The molecule has 0 aliphatic rings. The van der Waals surface area contributed by atoms with E-state index in [4.69, 9.17) is 0 Å². The number of sulfone groups is 1. The van der Waals surface area contributed by atoms with Gasteiger partial charge in [-0.2, -0.15) is 0 Å². The molecule has 94 valence electrons. The van der Waals surface area contributed by atoms with Crippen LogP contribution in [0.5, 0.6) is 0 Å². The molecule has 0 bridgehead atoms. The van der Waals surface area contributed by atoms with Crippen LogP contribution in [-0.2, 0) is 16.3 Å². The maximum Gasteiger partial charge on any atom is 0.178 e. The fraction of sp³-hybridized carbons (Fsp3) is 0.200. The van der Waals surface area contributed by atoms with Gasteiger partial charge in [-0.05, 0) is 31.0 Å². The van der Waals surface area contributed by atoms with Crippen LogP contribution in [0.15, 0.2) is 59.5 Å². The zero-order valence-corrected chi connectivity index (χ0v) is 11.2. The Bertz CT molecular complexity index is 599. The summed E-state index contributed by atoms with van der Waals surface area (Å²) in [5.41, 5.74) is 2.12. The van der Waals surface area contributed by atoms with Crippen LogP contribution in [0.25, 0.3) is 0 Å². The van der Waals surface area contributed by atoms with E-state index in [1.54, 1.807) is 12.1 Å². The summed E-state index contributed by atoms with van der Waals surface area (Å²) in [6.07, 6.45) is 0.553. The van der Waals surface area contributed by atoms with Crippen LogP contribution in [0.1, 0.15) is 11.1 Å². The van der Waals surface area contributed by atoms with Gasteiger partial charge in [0, 0.05) is 0 Å². The first-order valence-corrected chi connectivity index (χ1v) is 7.56. The van der Waals surface area contributed by atoms with Gasteiger partial charge in [-0.15, -0.1) is 0 Å². The Morgan fingerprint density at radius 2 is 1.50 bits per heavy atom. The first kappa shape index (κ1) is 12.8. The van der Waals surface area contributed by atoms with Crippen molar-refractivity contribution in [3.63, 3.8) is 0 Å². The molecule has 18 heavy (non-hydrogen) atoms. The molecule has 0 aliphatic carbocycles. The van der Waals surface area contributed by atoms with Crippen LogP contribution in [0.2, 0.25) is 0 Å². The van der Waals surface area contributed by atoms with Crippen molar-refractivity contribution in [1.82, 2.24) is 0 Å². The third-order valence-corrected chi connectivity index (χ3v) is 4.61. The van der Waals surface area contributed by atoms with Crippen LogP contribution in [0, 0.1) is 6.92 Å². The number of hydrogen-bond donors (Lipinski definition) is 0. The van der Waals surface area contributed by atoms with Gasteiger partial charge in [0.2, 0.25) is 0 Å². The van der Waals surface area contributed by atoms with E-state index >= 15 is 0 Å². The highest BCUT2D eigenvalue weighted by molar-refractivity contribution is 7.91. The molecule has 2 aromatic rings. The number of aryl methyl sites for hydroxylation is 2. The molecular weight excluding hydrogens is 244 g/mol. The predicted octanol–water partition coefficient (Wildman–Crippen LogP) is 3.01. The average Bonchev–Trinajstić information content (AvgIpc) is 2.38. The highest BCUT2D eigenvalue weighted by Crippen LogP contribution is 2.13. The third kappa shape index (κ3) is 3.20. The summed E-state index contributed by atoms with van der Waals surface area (Å²) in [5.74, 6) is 0.153. The third-order valence-electron chi connectivity index (χ3n) is 2.88. The molecule has 0 unspecified atom stereocenters. The summed E-state index contributed by atoms with van der Waals surface area (Å²) in [7, 11) is -3.18. The monoisotopic (exact) mass is 260 g/mol. The van der Waals surface area contributed by atoms with Gasteiger partial charge in [0.15, 0.2) is 9.84 Å². The SMILES string of the molecule is Cc1ccc(S(=O)(=O)CCc2ccccc2)cc1. The minimum atomic E-state index is -3.18. The van der Waals surface area contributed by atoms with Crippen molar-refractivity contribution >= 4 is 9.84 Å². The minimum absolute atomic E-state index is 0.153. The highest BCUT2D eigenvalue weighted by Gasteiger charge is 2.13. The Morgan fingerprint density at radius 1 is 0.889 bits per heavy atom. The molecule has 0 spiro atoms. The lowest BCUT2D eigenvalue weighted by Gasteiger charge is -2.05. The topological polar surface area (TPSA) is 34.1 Å². The largest absolute Gasteiger partial charge is 0.224 e. The second-order valence-corrected chi connectivity index (χ2v) is 6.48. The van der Waals surface area contributed by atoms with Gasteiger partial charge in [0.25, 0.3) is 0 Å². The Labute approximate surface area is 108 Å². The average molecular weight is 260 g/mol. The Balaban J connectivity index is 2.11. The lowest BCUT2D eigenvalue weighted by Crippen LogP contribution is -2.09. The summed E-state index contributed by atoms with van der Waals surface area (Å²) < 4.78 is 24.2. The summed E-state index contributed by atoms with van der Waals surface area (Å²) in [4.78, 5) is 0.407. The van der Waals surface area contributed by atoms with Crippen LogP contribution < -0.4 is 0 Å². The molecule has 0 aromatic heterocycles. The van der Waals surface area contributed by atoms with Gasteiger partial charge >= 0.3 is 0 Å². The zero-order chi connectivity index (χ0) is 13.0. The van der Waals surface area contributed by atoms with E-state index in [1.807, 2.05) is 49.4 Å². The summed E-state index contributed by atoms with van der Waals surface area (Å²) in [6.45, 7) is 1.94. The maximum atomic E-state index is 12.1.